The van der Waals surface area contributed by atoms with E-state index in [1.807, 2.05) is 5.32 Å². The molecular formula is C20H22ClN3O6S. The molecule has 0 heterocycles. The lowest BCUT2D eigenvalue weighted by molar-refractivity contribution is -0.123. The van der Waals surface area contributed by atoms with Crippen LogP contribution in [0.25, 0.3) is 0 Å². The zero-order valence-corrected chi connectivity index (χ0v) is 18.7. The van der Waals surface area contributed by atoms with Gasteiger partial charge in [0.15, 0.2) is 6.61 Å². The molecule has 0 saturated heterocycles. The van der Waals surface area contributed by atoms with Gasteiger partial charge in [-0.2, -0.15) is 0 Å². The minimum Gasteiger partial charge on any atom is -0.452 e. The van der Waals surface area contributed by atoms with Gasteiger partial charge in [0.2, 0.25) is 0 Å². The van der Waals surface area contributed by atoms with Gasteiger partial charge in [-0.15, -0.1) is 0 Å². The van der Waals surface area contributed by atoms with Crippen molar-refractivity contribution in [3.63, 3.8) is 0 Å². The third kappa shape index (κ3) is 6.43. The molecule has 0 radical (unpaired) electrons. The highest BCUT2D eigenvalue weighted by molar-refractivity contribution is 7.92. The highest BCUT2D eigenvalue weighted by atomic mass is 35.5. The molecule has 0 fully saturated rings. The summed E-state index contributed by atoms with van der Waals surface area (Å²) in [5.74, 6) is -1.86. The first-order valence-electron chi connectivity index (χ1n) is 9.13. The predicted molar refractivity (Wildman–Crippen MR) is 116 cm³/mol. The van der Waals surface area contributed by atoms with E-state index in [1.165, 1.54) is 19.2 Å². The Morgan fingerprint density at radius 1 is 1.10 bits per heavy atom. The molecule has 0 saturated carbocycles. The summed E-state index contributed by atoms with van der Waals surface area (Å²) >= 11 is 6.02. The van der Waals surface area contributed by atoms with E-state index in [9.17, 15) is 22.8 Å². The maximum Gasteiger partial charge on any atom is 0.340 e. The van der Waals surface area contributed by atoms with Crippen LogP contribution in [-0.4, -0.2) is 46.0 Å². The number of hydrogen-bond acceptors (Lipinski definition) is 6. The number of ether oxygens (including phenoxy) is 1. The molecule has 0 aliphatic rings. The number of sulfonamides is 1. The second-order valence-electron chi connectivity index (χ2n) is 6.70. The fraction of sp³-hybridized carbons (Fsp3) is 0.250. The van der Waals surface area contributed by atoms with Crippen molar-refractivity contribution in [2.75, 3.05) is 18.0 Å². The number of amides is 3. The van der Waals surface area contributed by atoms with Gasteiger partial charge in [-0.3, -0.25) is 14.4 Å². The molecule has 0 atom stereocenters. The van der Waals surface area contributed by atoms with Crippen molar-refractivity contribution in [1.82, 2.24) is 10.6 Å². The van der Waals surface area contributed by atoms with Gasteiger partial charge in [-0.05, 0) is 44.2 Å². The van der Waals surface area contributed by atoms with Gasteiger partial charge in [0.05, 0.1) is 21.2 Å². The Bertz CT molecular complexity index is 1070. The number of para-hydroxylation sites is 1. The first kappa shape index (κ1) is 24.2. The molecule has 0 aliphatic heterocycles. The SMILES string of the molecule is CC(C)NC(=O)NC(=O)COC(=O)c1cc(S(=O)(=O)N(C)c2ccccc2)ccc1Cl. The molecule has 166 valence electrons. The van der Waals surface area contributed by atoms with Crippen LogP contribution in [-0.2, 0) is 19.6 Å². The van der Waals surface area contributed by atoms with Gasteiger partial charge in [0.25, 0.3) is 15.9 Å². The number of carbonyl (C=O) groups excluding carboxylic acids is 3. The van der Waals surface area contributed by atoms with Gasteiger partial charge in [-0.1, -0.05) is 29.8 Å². The molecule has 0 bridgehead atoms. The van der Waals surface area contributed by atoms with Crippen molar-refractivity contribution in [1.29, 1.82) is 0 Å². The number of imide groups is 1. The summed E-state index contributed by atoms with van der Waals surface area (Å²) in [5, 5.41) is 4.39. The molecule has 0 spiro atoms. The average Bonchev–Trinajstić information content (AvgIpc) is 2.71. The van der Waals surface area contributed by atoms with Crippen LogP contribution in [0.1, 0.15) is 24.2 Å². The lowest BCUT2D eigenvalue weighted by Crippen LogP contribution is -2.44. The van der Waals surface area contributed by atoms with Gasteiger partial charge < -0.3 is 10.1 Å². The van der Waals surface area contributed by atoms with E-state index >= 15 is 0 Å². The first-order valence-corrected chi connectivity index (χ1v) is 10.9. The van der Waals surface area contributed by atoms with Crippen LogP contribution in [0.4, 0.5) is 10.5 Å². The molecule has 3 amide bonds. The third-order valence-corrected chi connectivity index (χ3v) is 6.05. The molecular weight excluding hydrogens is 446 g/mol. The fourth-order valence-electron chi connectivity index (χ4n) is 2.43. The number of carbonyl (C=O) groups is 3. The van der Waals surface area contributed by atoms with Gasteiger partial charge >= 0.3 is 12.0 Å². The molecule has 9 nitrogen and oxygen atoms in total. The minimum absolute atomic E-state index is 0.0516. The number of esters is 1. The quantitative estimate of drug-likeness (QED) is 0.603. The highest BCUT2D eigenvalue weighted by Gasteiger charge is 2.24. The van der Waals surface area contributed by atoms with Crippen LogP contribution in [0.2, 0.25) is 5.02 Å². The Morgan fingerprint density at radius 2 is 1.74 bits per heavy atom. The standard InChI is InChI=1S/C20H22ClN3O6S/c1-13(2)22-20(27)23-18(25)12-30-19(26)16-11-15(9-10-17(16)21)31(28,29)24(3)14-7-5-4-6-8-14/h4-11,13H,12H2,1-3H3,(H2,22,23,25,27). The lowest BCUT2D eigenvalue weighted by atomic mass is 10.2. The van der Waals surface area contributed by atoms with E-state index in [4.69, 9.17) is 16.3 Å². The number of benzene rings is 2. The number of hydrogen-bond donors (Lipinski definition) is 2. The molecule has 2 N–H and O–H groups in total. The number of nitrogens with one attached hydrogen (secondary N) is 2. The lowest BCUT2D eigenvalue weighted by Gasteiger charge is -2.20. The summed E-state index contributed by atoms with van der Waals surface area (Å²) in [6, 6.07) is 11.0. The van der Waals surface area contributed by atoms with Crippen LogP contribution in [0.5, 0.6) is 0 Å². The summed E-state index contributed by atoms with van der Waals surface area (Å²) in [5.41, 5.74) is 0.196. The van der Waals surface area contributed by atoms with E-state index in [0.717, 1.165) is 10.4 Å². The van der Waals surface area contributed by atoms with Crippen LogP contribution in [0.15, 0.2) is 53.4 Å². The average molecular weight is 468 g/mol. The smallest absolute Gasteiger partial charge is 0.340 e. The Balaban J connectivity index is 2.14. The maximum atomic E-state index is 12.9. The Kier molecular flexibility index (Phi) is 8.01. The van der Waals surface area contributed by atoms with Crippen molar-refractivity contribution in [3.8, 4) is 0 Å². The normalized spacial score (nSPS) is 11.0. The highest BCUT2D eigenvalue weighted by Crippen LogP contribution is 2.26. The van der Waals surface area contributed by atoms with Crippen LogP contribution < -0.4 is 14.9 Å². The van der Waals surface area contributed by atoms with E-state index in [1.54, 1.807) is 44.2 Å². The second kappa shape index (κ2) is 10.3. The van der Waals surface area contributed by atoms with Crippen LogP contribution >= 0.6 is 11.6 Å². The number of nitrogens with zero attached hydrogens (tertiary/aromatic N) is 1. The third-order valence-electron chi connectivity index (χ3n) is 3.94. The van der Waals surface area contributed by atoms with Crippen molar-refractivity contribution >= 4 is 45.2 Å². The van der Waals surface area contributed by atoms with E-state index in [-0.39, 0.29) is 21.5 Å². The van der Waals surface area contributed by atoms with E-state index in [2.05, 4.69) is 5.32 Å². The van der Waals surface area contributed by atoms with Gasteiger partial charge in [-0.25, -0.2) is 18.0 Å². The fourth-order valence-corrected chi connectivity index (χ4v) is 3.84. The number of halogens is 1. The van der Waals surface area contributed by atoms with Gasteiger partial charge in [0.1, 0.15) is 0 Å². The number of anilines is 1. The van der Waals surface area contributed by atoms with Crippen LogP contribution in [0, 0.1) is 0 Å². The Hall–Kier alpha value is -3.11. The topological polar surface area (TPSA) is 122 Å². The monoisotopic (exact) mass is 467 g/mol. The van der Waals surface area contributed by atoms with E-state index in [0.29, 0.717) is 5.69 Å². The molecule has 2 aromatic carbocycles. The van der Waals surface area contributed by atoms with Gasteiger partial charge in [0, 0.05) is 13.1 Å². The summed E-state index contributed by atoms with van der Waals surface area (Å²) < 4.78 is 31.8. The Labute approximate surface area is 185 Å². The predicted octanol–water partition coefficient (Wildman–Crippen LogP) is 2.56. The molecule has 31 heavy (non-hydrogen) atoms. The summed E-state index contributed by atoms with van der Waals surface area (Å²) in [4.78, 5) is 35.4. The summed E-state index contributed by atoms with van der Waals surface area (Å²) in [7, 11) is -2.61. The largest absolute Gasteiger partial charge is 0.452 e. The number of urea groups is 1. The summed E-state index contributed by atoms with van der Waals surface area (Å²) in [6.45, 7) is 2.67. The molecule has 0 aliphatic carbocycles. The molecule has 2 aromatic rings. The van der Waals surface area contributed by atoms with Crippen molar-refractivity contribution in [3.05, 3.63) is 59.1 Å². The van der Waals surface area contributed by atoms with Crippen molar-refractivity contribution < 1.29 is 27.5 Å². The maximum absolute atomic E-state index is 12.9. The molecule has 2 rings (SSSR count). The van der Waals surface area contributed by atoms with Crippen molar-refractivity contribution in [2.24, 2.45) is 0 Å². The number of rotatable bonds is 7. The zero-order chi connectivity index (χ0) is 23.2. The van der Waals surface area contributed by atoms with Crippen molar-refractivity contribution in [2.45, 2.75) is 24.8 Å². The van der Waals surface area contributed by atoms with Crippen LogP contribution in [0.3, 0.4) is 0 Å². The molecule has 0 aromatic heterocycles. The Morgan fingerprint density at radius 3 is 2.35 bits per heavy atom. The van der Waals surface area contributed by atoms with E-state index < -0.39 is 34.5 Å². The summed E-state index contributed by atoms with van der Waals surface area (Å²) in [6.07, 6.45) is 0. The first-order chi connectivity index (χ1) is 14.5. The minimum atomic E-state index is -3.99. The second-order valence-corrected chi connectivity index (χ2v) is 9.08. The molecule has 11 heteroatoms. The zero-order valence-electron chi connectivity index (χ0n) is 17.1. The molecule has 0 unspecified atom stereocenters.